The lowest BCUT2D eigenvalue weighted by Gasteiger charge is -2.24. The Morgan fingerprint density at radius 3 is 2.53 bits per heavy atom. The minimum absolute atomic E-state index is 0.0581. The lowest BCUT2D eigenvalue weighted by molar-refractivity contribution is 0.0975. The summed E-state index contributed by atoms with van der Waals surface area (Å²) in [6.07, 6.45) is 0.463. The Morgan fingerprint density at radius 2 is 1.90 bits per heavy atom. The standard InChI is InChI=1S/C23H30FN5O/c1-15-7-6-8-17(13-15)21(30)26-22(27-23(2,3)4)25-20-14-19(29(5)28-20)16-9-11-18(24)12-10-16/h6-13,19-20,28H,14H2,1-5H3,(H2,25,26,27,30). The molecule has 2 aromatic carbocycles. The van der Waals surface area contributed by atoms with Gasteiger partial charge < -0.3 is 5.32 Å². The van der Waals surface area contributed by atoms with E-state index in [1.54, 1.807) is 18.2 Å². The molecule has 0 spiro atoms. The summed E-state index contributed by atoms with van der Waals surface area (Å²) in [5.74, 6) is -0.0484. The number of amides is 1. The molecule has 3 rings (SSSR count). The van der Waals surface area contributed by atoms with Crippen LogP contribution in [-0.4, -0.2) is 35.6 Å². The van der Waals surface area contributed by atoms with Gasteiger partial charge in [-0.25, -0.2) is 19.8 Å². The van der Waals surface area contributed by atoms with Crippen molar-refractivity contribution in [3.05, 3.63) is 71.0 Å². The predicted octanol–water partition coefficient (Wildman–Crippen LogP) is 3.52. The monoisotopic (exact) mass is 411 g/mol. The summed E-state index contributed by atoms with van der Waals surface area (Å²) in [7, 11) is 1.94. The van der Waals surface area contributed by atoms with Crippen molar-refractivity contribution in [2.24, 2.45) is 4.99 Å². The van der Waals surface area contributed by atoms with Crippen molar-refractivity contribution in [2.45, 2.75) is 51.9 Å². The van der Waals surface area contributed by atoms with Crippen LogP contribution >= 0.6 is 0 Å². The minimum Gasteiger partial charge on any atom is -0.351 e. The second-order valence-corrected chi connectivity index (χ2v) is 8.74. The quantitative estimate of drug-likeness (QED) is 0.534. The van der Waals surface area contributed by atoms with Gasteiger partial charge in [-0.3, -0.25) is 10.1 Å². The van der Waals surface area contributed by atoms with Crippen LogP contribution in [0.15, 0.2) is 53.5 Å². The van der Waals surface area contributed by atoms with Gasteiger partial charge in [-0.2, -0.15) is 0 Å². The molecule has 3 N–H and O–H groups in total. The first-order valence-corrected chi connectivity index (χ1v) is 10.1. The zero-order chi connectivity index (χ0) is 21.9. The molecule has 0 bridgehead atoms. The number of carbonyl (C=O) groups excluding carboxylic acids is 1. The minimum atomic E-state index is -0.278. The third kappa shape index (κ3) is 5.87. The fourth-order valence-electron chi connectivity index (χ4n) is 3.45. The SMILES string of the molecule is Cc1cccc(C(=O)NC(=NC2CC(c3ccc(F)cc3)N(C)N2)NC(C)(C)C)c1. The number of hydrogen-bond donors (Lipinski definition) is 3. The molecule has 2 unspecified atom stereocenters. The van der Waals surface area contributed by atoms with E-state index in [4.69, 9.17) is 4.99 Å². The highest BCUT2D eigenvalue weighted by molar-refractivity contribution is 6.06. The van der Waals surface area contributed by atoms with Gasteiger partial charge in [0, 0.05) is 24.6 Å². The topological polar surface area (TPSA) is 68.8 Å². The van der Waals surface area contributed by atoms with Gasteiger partial charge in [0.1, 0.15) is 12.0 Å². The molecule has 2 aromatic rings. The van der Waals surface area contributed by atoms with E-state index in [1.165, 1.54) is 12.1 Å². The molecule has 7 heteroatoms. The Hall–Kier alpha value is -2.77. The molecule has 6 nitrogen and oxygen atoms in total. The first-order valence-electron chi connectivity index (χ1n) is 10.1. The van der Waals surface area contributed by atoms with E-state index in [9.17, 15) is 9.18 Å². The molecule has 30 heavy (non-hydrogen) atoms. The summed E-state index contributed by atoms with van der Waals surface area (Å²) in [6.45, 7) is 7.98. The molecule has 1 amide bonds. The number of nitrogens with one attached hydrogen (secondary N) is 3. The first-order chi connectivity index (χ1) is 14.1. The molecule has 2 atom stereocenters. The number of aryl methyl sites for hydroxylation is 1. The highest BCUT2D eigenvalue weighted by Gasteiger charge is 2.31. The molecule has 1 aliphatic rings. The van der Waals surface area contributed by atoms with E-state index in [2.05, 4.69) is 16.1 Å². The Kier molecular flexibility index (Phi) is 6.53. The van der Waals surface area contributed by atoms with Crippen LogP contribution in [-0.2, 0) is 0 Å². The van der Waals surface area contributed by atoms with Gasteiger partial charge in [-0.05, 0) is 57.5 Å². The molecule has 0 radical (unpaired) electrons. The molecule has 0 saturated carbocycles. The normalized spacial score (nSPS) is 20.3. The largest absolute Gasteiger partial charge is 0.351 e. The zero-order valence-electron chi connectivity index (χ0n) is 18.2. The van der Waals surface area contributed by atoms with Crippen molar-refractivity contribution in [3.8, 4) is 0 Å². The summed E-state index contributed by atoms with van der Waals surface area (Å²) in [5, 5.41) is 8.17. The summed E-state index contributed by atoms with van der Waals surface area (Å²) in [5.41, 5.74) is 5.65. The van der Waals surface area contributed by atoms with Crippen LogP contribution in [0.5, 0.6) is 0 Å². The average Bonchev–Trinajstić information content (AvgIpc) is 3.01. The Balaban J connectivity index is 1.78. The lowest BCUT2D eigenvalue weighted by atomic mass is 10.0. The van der Waals surface area contributed by atoms with Crippen molar-refractivity contribution in [1.82, 2.24) is 21.1 Å². The van der Waals surface area contributed by atoms with E-state index in [-0.39, 0.29) is 29.5 Å². The van der Waals surface area contributed by atoms with Crippen molar-refractivity contribution in [1.29, 1.82) is 0 Å². The average molecular weight is 412 g/mol. The summed E-state index contributed by atoms with van der Waals surface area (Å²) >= 11 is 0. The number of hydrazine groups is 1. The fourth-order valence-corrected chi connectivity index (χ4v) is 3.45. The van der Waals surface area contributed by atoms with Crippen LogP contribution < -0.4 is 16.1 Å². The van der Waals surface area contributed by atoms with Crippen LogP contribution in [0.25, 0.3) is 0 Å². The van der Waals surface area contributed by atoms with E-state index in [0.717, 1.165) is 11.1 Å². The Morgan fingerprint density at radius 1 is 1.20 bits per heavy atom. The van der Waals surface area contributed by atoms with Crippen molar-refractivity contribution < 1.29 is 9.18 Å². The van der Waals surface area contributed by atoms with Crippen molar-refractivity contribution in [2.75, 3.05) is 7.05 Å². The number of guanidine groups is 1. The van der Waals surface area contributed by atoms with Gasteiger partial charge in [0.05, 0.1) is 6.04 Å². The second-order valence-electron chi connectivity index (χ2n) is 8.74. The number of hydrogen-bond acceptors (Lipinski definition) is 4. The van der Waals surface area contributed by atoms with Gasteiger partial charge in [0.15, 0.2) is 5.96 Å². The second kappa shape index (κ2) is 8.93. The maximum absolute atomic E-state index is 13.3. The van der Waals surface area contributed by atoms with Gasteiger partial charge in [-0.1, -0.05) is 29.8 Å². The highest BCUT2D eigenvalue weighted by atomic mass is 19.1. The summed E-state index contributed by atoms with van der Waals surface area (Å²) < 4.78 is 13.3. The van der Waals surface area contributed by atoms with Gasteiger partial charge >= 0.3 is 0 Å². The lowest BCUT2D eigenvalue weighted by Crippen LogP contribution is -2.50. The molecular formula is C23H30FN5O. The maximum Gasteiger partial charge on any atom is 0.257 e. The van der Waals surface area contributed by atoms with Crippen LogP contribution in [0.1, 0.15) is 54.7 Å². The number of nitrogens with zero attached hydrogens (tertiary/aromatic N) is 2. The van der Waals surface area contributed by atoms with Crippen molar-refractivity contribution in [3.63, 3.8) is 0 Å². The number of aliphatic imine (C=N–C) groups is 1. The van der Waals surface area contributed by atoms with E-state index >= 15 is 0 Å². The molecule has 1 aliphatic heterocycles. The molecular weight excluding hydrogens is 381 g/mol. The fraction of sp³-hybridized carbons (Fsp3) is 0.391. The third-order valence-electron chi connectivity index (χ3n) is 4.81. The van der Waals surface area contributed by atoms with Crippen LogP contribution in [0.2, 0.25) is 0 Å². The first kappa shape index (κ1) is 21.9. The smallest absolute Gasteiger partial charge is 0.257 e. The molecule has 1 saturated heterocycles. The van der Waals surface area contributed by atoms with Crippen LogP contribution in [0.3, 0.4) is 0 Å². The van der Waals surface area contributed by atoms with Gasteiger partial charge in [0.25, 0.3) is 5.91 Å². The summed E-state index contributed by atoms with van der Waals surface area (Å²) in [6, 6.07) is 14.0. The van der Waals surface area contributed by atoms with Crippen LogP contribution in [0, 0.1) is 12.7 Å². The molecule has 1 heterocycles. The molecule has 1 fully saturated rings. The summed E-state index contributed by atoms with van der Waals surface area (Å²) in [4.78, 5) is 17.5. The molecule has 160 valence electrons. The van der Waals surface area contributed by atoms with Crippen molar-refractivity contribution >= 4 is 11.9 Å². The predicted molar refractivity (Wildman–Crippen MR) is 117 cm³/mol. The number of benzene rings is 2. The molecule has 0 aliphatic carbocycles. The van der Waals surface area contributed by atoms with Crippen LogP contribution in [0.4, 0.5) is 4.39 Å². The number of rotatable bonds is 3. The zero-order valence-corrected chi connectivity index (χ0v) is 18.2. The Bertz CT molecular complexity index is 920. The molecule has 0 aromatic heterocycles. The van der Waals surface area contributed by atoms with Gasteiger partial charge in [0.2, 0.25) is 0 Å². The maximum atomic E-state index is 13.3. The van der Waals surface area contributed by atoms with E-state index < -0.39 is 0 Å². The third-order valence-corrected chi connectivity index (χ3v) is 4.81. The van der Waals surface area contributed by atoms with E-state index in [1.807, 2.05) is 58.0 Å². The number of halogens is 1. The highest BCUT2D eigenvalue weighted by Crippen LogP contribution is 2.29. The number of carbonyl (C=O) groups is 1. The Labute approximate surface area is 177 Å². The van der Waals surface area contributed by atoms with Gasteiger partial charge in [-0.15, -0.1) is 0 Å². The van der Waals surface area contributed by atoms with E-state index in [0.29, 0.717) is 17.9 Å².